The molecule has 0 bridgehead atoms. The minimum Gasteiger partial charge on any atom is -0.385 e. The number of likely N-dealkylation sites (tertiary alicyclic amines) is 1. The van der Waals surface area contributed by atoms with Crippen LogP contribution in [0.3, 0.4) is 0 Å². The average Bonchev–Trinajstić information content (AvgIpc) is 3.05. The van der Waals surface area contributed by atoms with E-state index in [4.69, 9.17) is 4.74 Å². The van der Waals surface area contributed by atoms with Gasteiger partial charge in [0.05, 0.1) is 4.88 Å². The molecule has 0 atom stereocenters. The van der Waals surface area contributed by atoms with E-state index in [0.717, 1.165) is 24.1 Å². The summed E-state index contributed by atoms with van der Waals surface area (Å²) in [6.07, 6.45) is 2.32. The summed E-state index contributed by atoms with van der Waals surface area (Å²) in [6.45, 7) is 2.63. The summed E-state index contributed by atoms with van der Waals surface area (Å²) >= 11 is 1.47. The molecule has 1 N–H and O–H groups in total. The molecule has 6 heteroatoms. The van der Waals surface area contributed by atoms with Gasteiger partial charge in [-0.1, -0.05) is 6.07 Å². The molecule has 2 amide bonds. The van der Waals surface area contributed by atoms with Crippen molar-refractivity contribution in [1.29, 1.82) is 0 Å². The minimum atomic E-state index is 0.0277. The number of nitrogens with one attached hydrogen (secondary N) is 1. The highest BCUT2D eigenvalue weighted by Crippen LogP contribution is 2.20. The standard InChI is InChI=1S/C15H22N2O3S/c1-20-10-3-7-16-14(18)12-5-8-17(9-6-12)15(19)13-4-2-11-21-13/h2,4,11-12H,3,5-10H2,1H3,(H,16,18). The summed E-state index contributed by atoms with van der Waals surface area (Å²) in [6, 6.07) is 3.74. The van der Waals surface area contributed by atoms with Gasteiger partial charge >= 0.3 is 0 Å². The third kappa shape index (κ3) is 4.54. The van der Waals surface area contributed by atoms with E-state index in [-0.39, 0.29) is 17.7 Å². The topological polar surface area (TPSA) is 58.6 Å². The molecular weight excluding hydrogens is 288 g/mol. The first-order valence-corrected chi connectivity index (χ1v) is 8.19. The van der Waals surface area contributed by atoms with Gasteiger partial charge in [-0.05, 0) is 30.7 Å². The monoisotopic (exact) mass is 310 g/mol. The van der Waals surface area contributed by atoms with E-state index in [2.05, 4.69) is 5.32 Å². The number of nitrogens with zero attached hydrogens (tertiary/aromatic N) is 1. The summed E-state index contributed by atoms with van der Waals surface area (Å²) in [5.74, 6) is 0.221. The Balaban J connectivity index is 1.72. The van der Waals surface area contributed by atoms with Crippen LogP contribution in [0.25, 0.3) is 0 Å². The van der Waals surface area contributed by atoms with Crippen molar-refractivity contribution in [2.45, 2.75) is 19.3 Å². The lowest BCUT2D eigenvalue weighted by molar-refractivity contribution is -0.126. The van der Waals surface area contributed by atoms with Gasteiger partial charge in [0.1, 0.15) is 0 Å². The number of piperidine rings is 1. The third-order valence-electron chi connectivity index (χ3n) is 3.71. The van der Waals surface area contributed by atoms with Crippen molar-refractivity contribution in [2.24, 2.45) is 5.92 Å². The number of amides is 2. The van der Waals surface area contributed by atoms with E-state index < -0.39 is 0 Å². The molecule has 5 nitrogen and oxygen atoms in total. The summed E-state index contributed by atoms with van der Waals surface area (Å²) < 4.78 is 4.95. The Labute approximate surface area is 129 Å². The first-order valence-electron chi connectivity index (χ1n) is 7.32. The van der Waals surface area contributed by atoms with Gasteiger partial charge < -0.3 is 15.0 Å². The average molecular weight is 310 g/mol. The largest absolute Gasteiger partial charge is 0.385 e. The number of hydrogen-bond donors (Lipinski definition) is 1. The molecule has 1 saturated heterocycles. The van der Waals surface area contributed by atoms with Crippen LogP contribution >= 0.6 is 11.3 Å². The molecule has 0 spiro atoms. The van der Waals surface area contributed by atoms with Gasteiger partial charge in [-0.3, -0.25) is 9.59 Å². The van der Waals surface area contributed by atoms with Crippen LogP contribution < -0.4 is 5.32 Å². The van der Waals surface area contributed by atoms with E-state index in [1.807, 2.05) is 22.4 Å². The Morgan fingerprint density at radius 1 is 1.43 bits per heavy atom. The number of methoxy groups -OCH3 is 1. The van der Waals surface area contributed by atoms with Gasteiger partial charge in [-0.15, -0.1) is 11.3 Å². The second-order valence-corrected chi connectivity index (χ2v) is 6.13. The fraction of sp³-hybridized carbons (Fsp3) is 0.600. The smallest absolute Gasteiger partial charge is 0.263 e. The zero-order valence-electron chi connectivity index (χ0n) is 12.3. The molecule has 0 unspecified atom stereocenters. The lowest BCUT2D eigenvalue weighted by Crippen LogP contribution is -2.43. The Kier molecular flexibility index (Phi) is 6.20. The highest BCUT2D eigenvalue weighted by atomic mass is 32.1. The zero-order chi connectivity index (χ0) is 15.1. The lowest BCUT2D eigenvalue weighted by atomic mass is 9.95. The Hall–Kier alpha value is -1.40. The van der Waals surface area contributed by atoms with Gasteiger partial charge in [0, 0.05) is 39.3 Å². The van der Waals surface area contributed by atoms with Crippen molar-refractivity contribution in [3.05, 3.63) is 22.4 Å². The fourth-order valence-electron chi connectivity index (χ4n) is 2.47. The molecule has 1 aliphatic rings. The highest BCUT2D eigenvalue weighted by molar-refractivity contribution is 7.12. The van der Waals surface area contributed by atoms with Gasteiger partial charge in [0.25, 0.3) is 5.91 Å². The van der Waals surface area contributed by atoms with E-state index >= 15 is 0 Å². The molecule has 1 aliphatic heterocycles. The molecule has 0 aromatic carbocycles. The maximum Gasteiger partial charge on any atom is 0.263 e. The van der Waals surface area contributed by atoms with Crippen molar-refractivity contribution in [1.82, 2.24) is 10.2 Å². The van der Waals surface area contributed by atoms with Gasteiger partial charge in [0.2, 0.25) is 5.91 Å². The van der Waals surface area contributed by atoms with Crippen LogP contribution in [0.2, 0.25) is 0 Å². The maximum atomic E-state index is 12.2. The van der Waals surface area contributed by atoms with E-state index in [0.29, 0.717) is 26.2 Å². The molecule has 1 aromatic heterocycles. The zero-order valence-corrected chi connectivity index (χ0v) is 13.2. The van der Waals surface area contributed by atoms with Crippen LogP contribution in [0.1, 0.15) is 28.9 Å². The lowest BCUT2D eigenvalue weighted by Gasteiger charge is -2.31. The van der Waals surface area contributed by atoms with Crippen molar-refractivity contribution in [3.63, 3.8) is 0 Å². The molecule has 116 valence electrons. The Bertz CT molecular complexity index is 453. The van der Waals surface area contributed by atoms with Crippen LogP contribution in [0.15, 0.2) is 17.5 Å². The van der Waals surface area contributed by atoms with Gasteiger partial charge in [-0.2, -0.15) is 0 Å². The van der Waals surface area contributed by atoms with Crippen molar-refractivity contribution in [3.8, 4) is 0 Å². The van der Waals surface area contributed by atoms with E-state index in [1.54, 1.807) is 7.11 Å². The van der Waals surface area contributed by atoms with Crippen LogP contribution in [0.5, 0.6) is 0 Å². The maximum absolute atomic E-state index is 12.2. The summed E-state index contributed by atoms with van der Waals surface area (Å²) in [4.78, 5) is 26.8. The highest BCUT2D eigenvalue weighted by Gasteiger charge is 2.27. The van der Waals surface area contributed by atoms with Gasteiger partial charge in [-0.25, -0.2) is 0 Å². The molecule has 1 aromatic rings. The molecule has 0 aliphatic carbocycles. The molecule has 21 heavy (non-hydrogen) atoms. The van der Waals surface area contributed by atoms with E-state index in [1.165, 1.54) is 11.3 Å². The normalized spacial score (nSPS) is 16.0. The molecule has 0 radical (unpaired) electrons. The second-order valence-electron chi connectivity index (χ2n) is 5.18. The number of carbonyl (C=O) groups is 2. The van der Waals surface area contributed by atoms with Crippen molar-refractivity contribution >= 4 is 23.2 Å². The Morgan fingerprint density at radius 2 is 2.19 bits per heavy atom. The molecule has 2 rings (SSSR count). The molecular formula is C15H22N2O3S. The van der Waals surface area contributed by atoms with Gasteiger partial charge in [0.15, 0.2) is 0 Å². The molecule has 0 saturated carbocycles. The number of hydrogen-bond acceptors (Lipinski definition) is 4. The van der Waals surface area contributed by atoms with Crippen molar-refractivity contribution < 1.29 is 14.3 Å². The minimum absolute atomic E-state index is 0.0277. The number of thiophene rings is 1. The van der Waals surface area contributed by atoms with Crippen LogP contribution in [0, 0.1) is 5.92 Å². The first-order chi connectivity index (χ1) is 10.2. The predicted octanol–water partition coefficient (Wildman–Crippen LogP) is 1.75. The first kappa shape index (κ1) is 16.0. The van der Waals surface area contributed by atoms with Crippen molar-refractivity contribution in [2.75, 3.05) is 33.4 Å². The Morgan fingerprint density at radius 3 is 2.81 bits per heavy atom. The quantitative estimate of drug-likeness (QED) is 0.815. The van der Waals surface area contributed by atoms with Crippen LogP contribution in [-0.4, -0.2) is 50.1 Å². The van der Waals surface area contributed by atoms with Crippen LogP contribution in [0.4, 0.5) is 0 Å². The predicted molar refractivity (Wildman–Crippen MR) is 82.4 cm³/mol. The van der Waals surface area contributed by atoms with E-state index in [9.17, 15) is 9.59 Å². The number of carbonyl (C=O) groups excluding carboxylic acids is 2. The summed E-state index contributed by atoms with van der Waals surface area (Å²) in [5.41, 5.74) is 0. The third-order valence-corrected chi connectivity index (χ3v) is 4.57. The summed E-state index contributed by atoms with van der Waals surface area (Å²) in [5, 5.41) is 4.85. The number of ether oxygens (including phenoxy) is 1. The number of rotatable bonds is 6. The second kappa shape index (κ2) is 8.14. The molecule has 1 fully saturated rings. The van der Waals surface area contributed by atoms with Crippen LogP contribution in [-0.2, 0) is 9.53 Å². The molecule has 2 heterocycles. The summed E-state index contributed by atoms with van der Waals surface area (Å²) in [7, 11) is 1.65. The fourth-order valence-corrected chi connectivity index (χ4v) is 3.16. The SMILES string of the molecule is COCCCNC(=O)C1CCN(C(=O)c2cccs2)CC1.